The zero-order chi connectivity index (χ0) is 11.3. The highest BCUT2D eigenvalue weighted by Gasteiger charge is 2.01. The van der Waals surface area contributed by atoms with Crippen LogP contribution in [-0.4, -0.2) is 5.91 Å². The van der Waals surface area contributed by atoms with Crippen LogP contribution < -0.4 is 5.32 Å². The number of amides is 1. The van der Waals surface area contributed by atoms with E-state index in [0.717, 1.165) is 12.0 Å². The third-order valence-corrected chi connectivity index (χ3v) is 2.19. The van der Waals surface area contributed by atoms with Crippen molar-refractivity contribution in [1.29, 1.82) is 0 Å². The van der Waals surface area contributed by atoms with Gasteiger partial charge in [-0.3, -0.25) is 4.79 Å². The van der Waals surface area contributed by atoms with Crippen molar-refractivity contribution in [1.82, 2.24) is 5.32 Å². The molecule has 0 heterocycles. The molecule has 1 aromatic rings. The molecule has 0 atom stereocenters. The number of hydrogen-bond acceptors (Lipinski definition) is 1. The summed E-state index contributed by atoms with van der Waals surface area (Å²) < 4.78 is 12.9. The Morgan fingerprint density at radius 2 is 2.20 bits per heavy atom. The maximum Gasteiger partial charge on any atom is 0.220 e. The molecule has 1 rings (SSSR count). The van der Waals surface area contributed by atoms with Crippen molar-refractivity contribution in [3.8, 4) is 0 Å². The van der Waals surface area contributed by atoms with Gasteiger partial charge in [-0.15, -0.1) is 0 Å². The van der Waals surface area contributed by atoms with E-state index in [1.54, 1.807) is 19.1 Å². The summed E-state index contributed by atoms with van der Waals surface area (Å²) in [6.07, 6.45) is 1.38. The van der Waals surface area contributed by atoms with Gasteiger partial charge < -0.3 is 5.32 Å². The van der Waals surface area contributed by atoms with E-state index >= 15 is 0 Å². The lowest BCUT2D eigenvalue weighted by Crippen LogP contribution is -2.22. The molecule has 0 aliphatic heterocycles. The van der Waals surface area contributed by atoms with Crippen molar-refractivity contribution in [3.63, 3.8) is 0 Å². The second-order valence-corrected chi connectivity index (χ2v) is 3.61. The van der Waals surface area contributed by atoms with Crippen LogP contribution in [0.15, 0.2) is 18.2 Å². The molecule has 2 nitrogen and oxygen atoms in total. The number of hydrogen-bond donors (Lipinski definition) is 1. The predicted molar refractivity (Wildman–Crippen MR) is 57.9 cm³/mol. The summed E-state index contributed by atoms with van der Waals surface area (Å²) in [5, 5.41) is 2.79. The summed E-state index contributed by atoms with van der Waals surface area (Å²) >= 11 is 0. The smallest absolute Gasteiger partial charge is 0.220 e. The fourth-order valence-electron chi connectivity index (χ4n) is 1.33. The maximum absolute atomic E-state index is 12.9. The summed E-state index contributed by atoms with van der Waals surface area (Å²) in [5.74, 6) is -0.168. The van der Waals surface area contributed by atoms with Crippen LogP contribution in [0.25, 0.3) is 0 Å². The largest absolute Gasteiger partial charge is 0.352 e. The number of aryl methyl sites for hydroxylation is 1. The van der Waals surface area contributed by atoms with Gasteiger partial charge in [-0.2, -0.15) is 0 Å². The molecular formula is C12H16FNO. The molecule has 0 aromatic heterocycles. The summed E-state index contributed by atoms with van der Waals surface area (Å²) in [6.45, 7) is 4.15. The first-order chi connectivity index (χ1) is 7.13. The Morgan fingerprint density at radius 1 is 1.47 bits per heavy atom. The van der Waals surface area contributed by atoms with Gasteiger partial charge in [0.25, 0.3) is 0 Å². The quantitative estimate of drug-likeness (QED) is 0.811. The Balaban J connectivity index is 2.51. The molecule has 0 bridgehead atoms. The molecule has 0 spiro atoms. The number of carbonyl (C=O) groups is 1. The standard InChI is InChI=1S/C12H16FNO/c1-3-4-12(15)14-8-10-5-6-11(13)9(2)7-10/h5-7H,3-4,8H2,1-2H3,(H,14,15). The highest BCUT2D eigenvalue weighted by Crippen LogP contribution is 2.08. The molecule has 3 heteroatoms. The van der Waals surface area contributed by atoms with Crippen molar-refractivity contribution in [2.24, 2.45) is 0 Å². The zero-order valence-electron chi connectivity index (χ0n) is 9.14. The Morgan fingerprint density at radius 3 is 2.80 bits per heavy atom. The molecule has 15 heavy (non-hydrogen) atoms. The van der Waals surface area contributed by atoms with Crippen molar-refractivity contribution >= 4 is 5.91 Å². The third kappa shape index (κ3) is 3.70. The van der Waals surface area contributed by atoms with Gasteiger partial charge in [0.15, 0.2) is 0 Å². The minimum absolute atomic E-state index is 0.0412. The average molecular weight is 209 g/mol. The van der Waals surface area contributed by atoms with Crippen molar-refractivity contribution < 1.29 is 9.18 Å². The molecular weight excluding hydrogens is 193 g/mol. The minimum atomic E-state index is -0.210. The molecule has 1 aromatic carbocycles. The number of rotatable bonds is 4. The van der Waals surface area contributed by atoms with Crippen LogP contribution in [0.1, 0.15) is 30.9 Å². The van der Waals surface area contributed by atoms with E-state index in [1.165, 1.54) is 6.07 Å². The van der Waals surface area contributed by atoms with E-state index < -0.39 is 0 Å². The second kappa shape index (κ2) is 5.49. The molecule has 0 fully saturated rings. The van der Waals surface area contributed by atoms with Crippen molar-refractivity contribution in [2.75, 3.05) is 0 Å². The van der Waals surface area contributed by atoms with Gasteiger partial charge in [0.2, 0.25) is 5.91 Å². The molecule has 1 amide bonds. The van der Waals surface area contributed by atoms with E-state index in [-0.39, 0.29) is 11.7 Å². The monoisotopic (exact) mass is 209 g/mol. The van der Waals surface area contributed by atoms with Gasteiger partial charge in [-0.1, -0.05) is 19.1 Å². The second-order valence-electron chi connectivity index (χ2n) is 3.61. The fourth-order valence-corrected chi connectivity index (χ4v) is 1.33. The van der Waals surface area contributed by atoms with Gasteiger partial charge in [0.05, 0.1) is 0 Å². The normalized spacial score (nSPS) is 10.1. The number of halogens is 1. The number of carbonyl (C=O) groups excluding carboxylic acids is 1. The predicted octanol–water partition coefficient (Wildman–Crippen LogP) is 2.55. The van der Waals surface area contributed by atoms with Crippen LogP contribution in [0.4, 0.5) is 4.39 Å². The van der Waals surface area contributed by atoms with Crippen LogP contribution in [-0.2, 0) is 11.3 Å². The first-order valence-electron chi connectivity index (χ1n) is 5.15. The first-order valence-corrected chi connectivity index (χ1v) is 5.15. The number of nitrogens with one attached hydrogen (secondary N) is 1. The van der Waals surface area contributed by atoms with Crippen molar-refractivity contribution in [3.05, 3.63) is 35.1 Å². The molecule has 0 aliphatic carbocycles. The van der Waals surface area contributed by atoms with Crippen LogP contribution in [0, 0.1) is 12.7 Å². The number of benzene rings is 1. The van der Waals surface area contributed by atoms with Gasteiger partial charge in [-0.05, 0) is 30.5 Å². The highest BCUT2D eigenvalue weighted by molar-refractivity contribution is 5.75. The van der Waals surface area contributed by atoms with E-state index in [4.69, 9.17) is 0 Å². The lowest BCUT2D eigenvalue weighted by molar-refractivity contribution is -0.121. The summed E-state index contributed by atoms with van der Waals surface area (Å²) in [4.78, 5) is 11.2. The van der Waals surface area contributed by atoms with Crippen LogP contribution in [0.5, 0.6) is 0 Å². The highest BCUT2D eigenvalue weighted by atomic mass is 19.1. The van der Waals surface area contributed by atoms with E-state index in [2.05, 4.69) is 5.32 Å². The summed E-state index contributed by atoms with van der Waals surface area (Å²) in [7, 11) is 0. The molecule has 0 radical (unpaired) electrons. The van der Waals surface area contributed by atoms with Crippen LogP contribution in [0.2, 0.25) is 0 Å². The third-order valence-electron chi connectivity index (χ3n) is 2.19. The minimum Gasteiger partial charge on any atom is -0.352 e. The van der Waals surface area contributed by atoms with E-state index in [1.807, 2.05) is 6.92 Å². The van der Waals surface area contributed by atoms with Crippen LogP contribution in [0.3, 0.4) is 0 Å². The SMILES string of the molecule is CCCC(=O)NCc1ccc(F)c(C)c1. The van der Waals surface area contributed by atoms with Gasteiger partial charge in [0, 0.05) is 13.0 Å². The fraction of sp³-hybridized carbons (Fsp3) is 0.417. The summed E-state index contributed by atoms with van der Waals surface area (Å²) in [6, 6.07) is 4.87. The Kier molecular flexibility index (Phi) is 4.28. The molecule has 0 saturated heterocycles. The average Bonchev–Trinajstić information content (AvgIpc) is 2.20. The Bertz CT molecular complexity index is 349. The molecule has 1 N–H and O–H groups in total. The zero-order valence-corrected chi connectivity index (χ0v) is 9.14. The molecule has 0 unspecified atom stereocenters. The van der Waals surface area contributed by atoms with Gasteiger partial charge >= 0.3 is 0 Å². The first kappa shape index (κ1) is 11.7. The summed E-state index contributed by atoms with van der Waals surface area (Å²) in [5.41, 5.74) is 1.54. The molecule has 0 aliphatic rings. The van der Waals surface area contributed by atoms with Crippen molar-refractivity contribution in [2.45, 2.75) is 33.2 Å². The Hall–Kier alpha value is -1.38. The van der Waals surface area contributed by atoms with Gasteiger partial charge in [-0.25, -0.2) is 4.39 Å². The van der Waals surface area contributed by atoms with Gasteiger partial charge in [0.1, 0.15) is 5.82 Å². The van der Waals surface area contributed by atoms with Crippen LogP contribution >= 0.6 is 0 Å². The Labute approximate surface area is 89.5 Å². The molecule has 82 valence electrons. The van der Waals surface area contributed by atoms with E-state index in [9.17, 15) is 9.18 Å². The van der Waals surface area contributed by atoms with E-state index in [0.29, 0.717) is 18.5 Å². The maximum atomic E-state index is 12.9. The topological polar surface area (TPSA) is 29.1 Å². The lowest BCUT2D eigenvalue weighted by atomic mass is 10.1. The molecule has 0 saturated carbocycles. The lowest BCUT2D eigenvalue weighted by Gasteiger charge is -2.05.